The van der Waals surface area contributed by atoms with E-state index in [1.54, 1.807) is 0 Å². The first kappa shape index (κ1) is 40.5. The number of nitrogens with zero attached hydrogens (tertiary/aromatic N) is 2. The Kier molecular flexibility index (Phi) is 13.2. The smallest absolute Gasteiger partial charge is 0.514 e. The van der Waals surface area contributed by atoms with Crippen LogP contribution >= 0.6 is 0 Å². The molecule has 0 aliphatic rings. The Labute approximate surface area is 277 Å². The monoisotopic (exact) mass is 728 g/mol. The average Bonchev–Trinajstić information content (AvgIpc) is 2.97. The Hall–Kier alpha value is -3.70. The van der Waals surface area contributed by atoms with Crippen molar-refractivity contribution in [2.45, 2.75) is 64.8 Å². The molecule has 1 atom stereocenters. The molecule has 0 heterocycles. The summed E-state index contributed by atoms with van der Waals surface area (Å²) in [4.78, 5) is 19.8. The summed E-state index contributed by atoms with van der Waals surface area (Å²) >= 11 is 0. The first-order valence-corrected chi connectivity index (χ1v) is 16.5. The Balaban J connectivity index is 0.000000450. The molecular formula is C31H35F7N2O6S2. The summed E-state index contributed by atoms with van der Waals surface area (Å²) in [7, 11) is 0.911. The minimum Gasteiger partial charge on any atom is -0.743 e. The molecule has 0 aliphatic heterocycles. The fraction of sp³-hybridized carbons (Fsp3) is 0.387. The van der Waals surface area contributed by atoms with E-state index in [1.807, 2.05) is 73.2 Å². The Morgan fingerprint density at radius 1 is 0.729 bits per heavy atom. The molecule has 0 amide bonds. The largest absolute Gasteiger partial charge is 0.743 e. The Morgan fingerprint density at radius 2 is 1.08 bits per heavy atom. The molecule has 17 heteroatoms. The molecule has 266 valence electrons. The van der Waals surface area contributed by atoms with Gasteiger partial charge in [0.05, 0.1) is 10.9 Å². The average molecular weight is 729 g/mol. The van der Waals surface area contributed by atoms with Crippen molar-refractivity contribution in [1.29, 1.82) is 0 Å². The molecule has 0 aromatic heterocycles. The van der Waals surface area contributed by atoms with Gasteiger partial charge in [0.25, 0.3) is 6.43 Å². The topological polar surface area (TPSA) is 99.2 Å². The van der Waals surface area contributed by atoms with Gasteiger partial charge in [0.2, 0.25) is 6.17 Å². The summed E-state index contributed by atoms with van der Waals surface area (Å²) in [5, 5.41) is -6.43. The van der Waals surface area contributed by atoms with Crippen molar-refractivity contribution in [1.82, 2.24) is 0 Å². The molecule has 0 radical (unpaired) electrons. The lowest BCUT2D eigenvalue weighted by molar-refractivity contribution is -0.221. The summed E-state index contributed by atoms with van der Waals surface area (Å²) < 4.78 is 123. The van der Waals surface area contributed by atoms with Crippen LogP contribution in [0.25, 0.3) is 0 Å². The number of rotatable bonds is 10. The number of hydrogen-bond donors (Lipinski definition) is 0. The predicted molar refractivity (Wildman–Crippen MR) is 167 cm³/mol. The number of hydrogen-bond acceptors (Lipinski definition) is 8. The third-order valence-electron chi connectivity index (χ3n) is 6.10. The zero-order valence-corrected chi connectivity index (χ0v) is 28.5. The van der Waals surface area contributed by atoms with Crippen LogP contribution < -0.4 is 14.5 Å². The van der Waals surface area contributed by atoms with Crippen molar-refractivity contribution in [3.8, 4) is 5.75 Å². The van der Waals surface area contributed by atoms with Crippen LogP contribution in [0.1, 0.15) is 20.8 Å². The highest BCUT2D eigenvalue weighted by atomic mass is 32.2. The standard InChI is InChI=1S/C27H33N2O3S.C4H3F7O3S/c1-27(2,3)32-26(30)31-22-12-18-25(19-13-22)33(23-14-8-20(9-15-23)28(4)5)24-16-10-21(11-17-24)29(6)7;5-1(2(6)7)3(8,9)4(10,11)15(12,13)14/h8-19H,1-7H3;1-2H,(H,12,13,14)/q+1;/p-1. The zero-order chi connectivity index (χ0) is 36.8. The van der Waals surface area contributed by atoms with Gasteiger partial charge in [0, 0.05) is 39.6 Å². The molecule has 0 fully saturated rings. The predicted octanol–water partition coefficient (Wildman–Crippen LogP) is 7.59. The minimum absolute atomic E-state index is 0.303. The van der Waals surface area contributed by atoms with E-state index < -0.39 is 45.6 Å². The molecule has 8 nitrogen and oxygen atoms in total. The third kappa shape index (κ3) is 10.4. The fourth-order valence-corrected chi connectivity index (χ4v) is 6.15. The number of benzene rings is 3. The molecule has 0 spiro atoms. The van der Waals surface area contributed by atoms with Crippen LogP contribution in [0.2, 0.25) is 0 Å². The summed E-state index contributed by atoms with van der Waals surface area (Å²) in [5.41, 5.74) is 1.72. The van der Waals surface area contributed by atoms with Crippen LogP contribution in [-0.4, -0.2) is 76.7 Å². The van der Waals surface area contributed by atoms with E-state index >= 15 is 0 Å². The molecule has 48 heavy (non-hydrogen) atoms. The quantitative estimate of drug-likeness (QED) is 0.0693. The van der Waals surface area contributed by atoms with Gasteiger partial charge >= 0.3 is 17.3 Å². The van der Waals surface area contributed by atoms with Gasteiger partial charge in [0.15, 0.2) is 24.8 Å². The second-order valence-corrected chi connectivity index (χ2v) is 14.9. The molecule has 0 saturated carbocycles. The van der Waals surface area contributed by atoms with E-state index in [2.05, 4.69) is 58.3 Å². The number of ether oxygens (including phenoxy) is 2. The van der Waals surface area contributed by atoms with Gasteiger partial charge in [-0.05, 0) is 93.6 Å². The molecule has 3 rings (SSSR count). The van der Waals surface area contributed by atoms with Gasteiger partial charge in [-0.25, -0.2) is 26.4 Å². The first-order chi connectivity index (χ1) is 21.9. The van der Waals surface area contributed by atoms with Gasteiger partial charge in [-0.15, -0.1) is 0 Å². The maximum Gasteiger partial charge on any atom is 0.514 e. The summed E-state index contributed by atoms with van der Waals surface area (Å²) in [5.74, 6) is -5.83. The molecule has 0 bridgehead atoms. The van der Waals surface area contributed by atoms with Crippen molar-refractivity contribution in [3.63, 3.8) is 0 Å². The van der Waals surface area contributed by atoms with Crippen molar-refractivity contribution in [2.24, 2.45) is 0 Å². The number of carbonyl (C=O) groups is 1. The van der Waals surface area contributed by atoms with E-state index in [1.165, 1.54) is 9.79 Å². The van der Waals surface area contributed by atoms with Crippen LogP contribution in [-0.2, 0) is 25.7 Å². The molecular weight excluding hydrogens is 693 g/mol. The van der Waals surface area contributed by atoms with Gasteiger partial charge in [-0.3, -0.25) is 0 Å². The van der Waals surface area contributed by atoms with E-state index in [0.29, 0.717) is 5.75 Å². The molecule has 0 N–H and O–H groups in total. The van der Waals surface area contributed by atoms with Crippen molar-refractivity contribution >= 4 is 38.5 Å². The van der Waals surface area contributed by atoms with Gasteiger partial charge in [0.1, 0.15) is 11.4 Å². The van der Waals surface area contributed by atoms with Gasteiger partial charge in [-0.2, -0.15) is 17.6 Å². The highest BCUT2D eigenvalue weighted by Crippen LogP contribution is 2.43. The van der Waals surface area contributed by atoms with Gasteiger partial charge in [-0.1, -0.05) is 0 Å². The van der Waals surface area contributed by atoms with Gasteiger partial charge < -0.3 is 23.8 Å². The SMILES string of the molecule is CN(C)c1ccc([S+](c2ccc(OC(=O)OC(C)(C)C)cc2)c2ccc(N(C)C)cc2)cc1.O=S(=O)([O-])C(F)(F)C(F)(F)C(F)C(F)F. The molecule has 0 aliphatic carbocycles. The molecule has 1 unspecified atom stereocenters. The van der Waals surface area contributed by atoms with Crippen LogP contribution in [0.3, 0.4) is 0 Å². The number of halogens is 7. The van der Waals surface area contributed by atoms with Crippen LogP contribution in [0.15, 0.2) is 87.5 Å². The van der Waals surface area contributed by atoms with Crippen molar-refractivity contribution < 1.29 is 58.0 Å². The second kappa shape index (κ2) is 15.7. The van der Waals surface area contributed by atoms with Crippen LogP contribution in [0.4, 0.5) is 46.9 Å². The maximum absolute atomic E-state index is 12.2. The summed E-state index contributed by atoms with van der Waals surface area (Å²) in [6.07, 6.45) is -10.0. The normalized spacial score (nSPS) is 13.0. The lowest BCUT2D eigenvalue weighted by Crippen LogP contribution is -2.54. The van der Waals surface area contributed by atoms with Crippen LogP contribution in [0, 0.1) is 0 Å². The second-order valence-electron chi connectivity index (χ2n) is 11.5. The van der Waals surface area contributed by atoms with E-state index in [4.69, 9.17) is 9.47 Å². The Morgan fingerprint density at radius 3 is 1.38 bits per heavy atom. The highest BCUT2D eigenvalue weighted by Gasteiger charge is 2.68. The van der Waals surface area contributed by atoms with E-state index in [-0.39, 0.29) is 10.9 Å². The maximum atomic E-state index is 12.2. The number of carbonyl (C=O) groups excluding carboxylic acids is 1. The van der Waals surface area contributed by atoms with Crippen molar-refractivity contribution in [2.75, 3.05) is 38.0 Å². The lowest BCUT2D eigenvalue weighted by atomic mass is 10.2. The molecule has 0 saturated heterocycles. The molecule has 3 aromatic rings. The van der Waals surface area contributed by atoms with E-state index in [9.17, 15) is 48.5 Å². The van der Waals surface area contributed by atoms with E-state index in [0.717, 1.165) is 16.3 Å². The highest BCUT2D eigenvalue weighted by molar-refractivity contribution is 7.97. The zero-order valence-electron chi connectivity index (χ0n) is 26.9. The number of anilines is 2. The third-order valence-corrected chi connectivity index (χ3v) is 9.23. The summed E-state index contributed by atoms with van der Waals surface area (Å²) in [6.45, 7) is 5.44. The fourth-order valence-electron chi connectivity index (χ4n) is 3.67. The van der Waals surface area contributed by atoms with Crippen molar-refractivity contribution in [3.05, 3.63) is 72.8 Å². The molecule has 3 aromatic carbocycles. The Bertz CT molecular complexity index is 1550. The minimum atomic E-state index is -6.95. The lowest BCUT2D eigenvalue weighted by Gasteiger charge is -2.29. The number of alkyl halides is 7. The summed E-state index contributed by atoms with van der Waals surface area (Å²) in [6, 6.07) is 25.0. The van der Waals surface area contributed by atoms with Crippen LogP contribution in [0.5, 0.6) is 5.75 Å². The first-order valence-electron chi connectivity index (χ1n) is 13.8.